The smallest absolute Gasteiger partial charge is 0.339 e. The Balaban J connectivity index is 2.75. The molecule has 0 spiro atoms. The van der Waals surface area contributed by atoms with Gasteiger partial charge >= 0.3 is 5.97 Å². The van der Waals surface area contributed by atoms with Gasteiger partial charge in [-0.05, 0) is 18.6 Å². The molecule has 1 aromatic carbocycles. The molecule has 0 atom stereocenters. The summed E-state index contributed by atoms with van der Waals surface area (Å²) in [7, 11) is 1.23. The van der Waals surface area contributed by atoms with E-state index in [-0.39, 0.29) is 24.1 Å². The van der Waals surface area contributed by atoms with Gasteiger partial charge in [0.15, 0.2) is 0 Å². The van der Waals surface area contributed by atoms with Crippen LogP contribution < -0.4 is 10.4 Å². The van der Waals surface area contributed by atoms with E-state index in [1.54, 1.807) is 12.1 Å². The molecule has 0 saturated heterocycles. The number of carboxylic acids is 1. The number of esters is 1. The second kappa shape index (κ2) is 6.39. The van der Waals surface area contributed by atoms with Crippen LogP contribution in [0.1, 0.15) is 23.2 Å². The molecular weight excluding hydrogens is 238 g/mol. The quantitative estimate of drug-likeness (QED) is 0.739. The topological polar surface area (TPSA) is 95.5 Å². The summed E-state index contributed by atoms with van der Waals surface area (Å²) in [6.45, 7) is 0. The van der Waals surface area contributed by atoms with Crippen molar-refractivity contribution in [3.05, 3.63) is 29.8 Å². The first-order valence-corrected chi connectivity index (χ1v) is 5.21. The van der Waals surface area contributed by atoms with Gasteiger partial charge < -0.3 is 20.0 Å². The van der Waals surface area contributed by atoms with Crippen molar-refractivity contribution in [2.45, 2.75) is 12.8 Å². The molecular formula is C12H12NO5-. The van der Waals surface area contributed by atoms with E-state index in [0.717, 1.165) is 0 Å². The summed E-state index contributed by atoms with van der Waals surface area (Å²) in [5.41, 5.74) is 0.495. The molecule has 96 valence electrons. The van der Waals surface area contributed by atoms with Crippen molar-refractivity contribution >= 4 is 23.5 Å². The Labute approximate surface area is 104 Å². The number of carboxylic acid groups (broad SMARTS) is 1. The summed E-state index contributed by atoms with van der Waals surface area (Å²) in [5.74, 6) is -2.38. The fourth-order valence-electron chi connectivity index (χ4n) is 1.31. The average Bonchev–Trinajstić information content (AvgIpc) is 2.36. The summed E-state index contributed by atoms with van der Waals surface area (Å²) in [5, 5.41) is 12.7. The van der Waals surface area contributed by atoms with Crippen LogP contribution in [0.3, 0.4) is 0 Å². The van der Waals surface area contributed by atoms with E-state index in [9.17, 15) is 19.5 Å². The SMILES string of the molecule is COC(=O)c1ccccc1NC(=O)CCC(=O)[O-]. The van der Waals surface area contributed by atoms with Crippen LogP contribution in [0, 0.1) is 0 Å². The third-order valence-corrected chi connectivity index (χ3v) is 2.16. The van der Waals surface area contributed by atoms with Gasteiger partial charge in [-0.15, -0.1) is 0 Å². The number of carbonyl (C=O) groups is 3. The Kier molecular flexibility index (Phi) is 4.86. The van der Waals surface area contributed by atoms with Crippen molar-refractivity contribution < 1.29 is 24.2 Å². The first-order valence-electron chi connectivity index (χ1n) is 5.21. The van der Waals surface area contributed by atoms with E-state index in [0.29, 0.717) is 0 Å². The van der Waals surface area contributed by atoms with E-state index in [1.807, 2.05) is 0 Å². The number of hydrogen-bond acceptors (Lipinski definition) is 5. The predicted molar refractivity (Wildman–Crippen MR) is 60.7 cm³/mol. The normalized spacial score (nSPS) is 9.61. The van der Waals surface area contributed by atoms with Gasteiger partial charge in [0, 0.05) is 12.4 Å². The molecule has 0 aliphatic carbocycles. The Hall–Kier alpha value is -2.37. The number of ether oxygens (including phenoxy) is 1. The van der Waals surface area contributed by atoms with Gasteiger partial charge in [-0.25, -0.2) is 4.79 Å². The van der Waals surface area contributed by atoms with Gasteiger partial charge in [-0.1, -0.05) is 12.1 Å². The highest BCUT2D eigenvalue weighted by atomic mass is 16.5. The number of nitrogens with one attached hydrogen (secondary N) is 1. The molecule has 6 heteroatoms. The average molecular weight is 250 g/mol. The minimum atomic E-state index is -1.30. The van der Waals surface area contributed by atoms with Crippen molar-refractivity contribution in [2.75, 3.05) is 12.4 Å². The fourth-order valence-corrected chi connectivity index (χ4v) is 1.31. The highest BCUT2D eigenvalue weighted by Gasteiger charge is 2.12. The Morgan fingerprint density at radius 3 is 2.50 bits per heavy atom. The summed E-state index contributed by atoms with van der Waals surface area (Å²) < 4.78 is 4.56. The predicted octanol–water partition coefficient (Wildman–Crippen LogP) is -0.0582. The number of benzene rings is 1. The van der Waals surface area contributed by atoms with E-state index in [2.05, 4.69) is 10.1 Å². The van der Waals surface area contributed by atoms with Crippen molar-refractivity contribution in [3.8, 4) is 0 Å². The number of para-hydroxylation sites is 1. The molecule has 6 nitrogen and oxygen atoms in total. The molecule has 0 aromatic heterocycles. The number of methoxy groups -OCH3 is 1. The molecule has 0 unspecified atom stereocenters. The van der Waals surface area contributed by atoms with Crippen molar-refractivity contribution in [3.63, 3.8) is 0 Å². The van der Waals surface area contributed by atoms with Crippen LogP contribution in [0.25, 0.3) is 0 Å². The van der Waals surface area contributed by atoms with Gasteiger partial charge in [0.05, 0.1) is 18.4 Å². The molecule has 18 heavy (non-hydrogen) atoms. The van der Waals surface area contributed by atoms with Gasteiger partial charge in [-0.3, -0.25) is 4.79 Å². The van der Waals surface area contributed by atoms with E-state index < -0.39 is 17.8 Å². The van der Waals surface area contributed by atoms with Gasteiger partial charge in [0.2, 0.25) is 5.91 Å². The number of anilines is 1. The molecule has 0 radical (unpaired) electrons. The molecule has 0 fully saturated rings. The minimum absolute atomic E-state index is 0.210. The van der Waals surface area contributed by atoms with Crippen LogP contribution in [0.2, 0.25) is 0 Å². The molecule has 0 saturated carbocycles. The molecule has 1 aromatic rings. The lowest BCUT2D eigenvalue weighted by molar-refractivity contribution is -0.305. The number of carbonyl (C=O) groups excluding carboxylic acids is 3. The zero-order chi connectivity index (χ0) is 13.5. The van der Waals surface area contributed by atoms with Gasteiger partial charge in [0.1, 0.15) is 0 Å². The molecule has 0 heterocycles. The van der Waals surface area contributed by atoms with Crippen LogP contribution in [0.4, 0.5) is 5.69 Å². The number of rotatable bonds is 5. The van der Waals surface area contributed by atoms with E-state index >= 15 is 0 Å². The Morgan fingerprint density at radius 2 is 1.89 bits per heavy atom. The standard InChI is InChI=1S/C12H13NO5/c1-18-12(17)8-4-2-3-5-9(8)13-10(14)6-7-11(15)16/h2-5H,6-7H2,1H3,(H,13,14)(H,15,16)/p-1. The molecule has 1 N–H and O–H groups in total. The Morgan fingerprint density at radius 1 is 1.22 bits per heavy atom. The highest BCUT2D eigenvalue weighted by Crippen LogP contribution is 2.16. The third-order valence-electron chi connectivity index (χ3n) is 2.16. The summed E-state index contributed by atoms with van der Waals surface area (Å²) in [4.78, 5) is 33.0. The maximum absolute atomic E-state index is 11.4. The van der Waals surface area contributed by atoms with Crippen LogP contribution in [-0.2, 0) is 14.3 Å². The van der Waals surface area contributed by atoms with Crippen molar-refractivity contribution in [1.29, 1.82) is 0 Å². The Bertz CT molecular complexity index is 469. The van der Waals surface area contributed by atoms with Crippen molar-refractivity contribution in [2.24, 2.45) is 0 Å². The van der Waals surface area contributed by atoms with E-state index in [1.165, 1.54) is 19.2 Å². The van der Waals surface area contributed by atoms with Gasteiger partial charge in [-0.2, -0.15) is 0 Å². The van der Waals surface area contributed by atoms with Crippen LogP contribution in [0.15, 0.2) is 24.3 Å². The van der Waals surface area contributed by atoms with Crippen LogP contribution >= 0.6 is 0 Å². The van der Waals surface area contributed by atoms with E-state index in [4.69, 9.17) is 0 Å². The zero-order valence-electron chi connectivity index (χ0n) is 9.76. The number of amides is 1. The number of hydrogen-bond donors (Lipinski definition) is 1. The molecule has 0 aliphatic heterocycles. The first kappa shape index (κ1) is 13.7. The molecule has 0 bridgehead atoms. The summed E-state index contributed by atoms with van der Waals surface area (Å²) in [6, 6.07) is 6.30. The summed E-state index contributed by atoms with van der Waals surface area (Å²) >= 11 is 0. The first-order chi connectivity index (χ1) is 8.54. The van der Waals surface area contributed by atoms with Crippen molar-refractivity contribution in [1.82, 2.24) is 0 Å². The molecule has 0 aliphatic rings. The molecule has 1 rings (SSSR count). The zero-order valence-corrected chi connectivity index (χ0v) is 9.76. The lowest BCUT2D eigenvalue weighted by Crippen LogP contribution is -2.24. The number of aliphatic carboxylic acids is 1. The lowest BCUT2D eigenvalue weighted by atomic mass is 10.1. The second-order valence-corrected chi connectivity index (χ2v) is 3.46. The monoisotopic (exact) mass is 250 g/mol. The molecule has 1 amide bonds. The minimum Gasteiger partial charge on any atom is -0.550 e. The maximum Gasteiger partial charge on any atom is 0.339 e. The van der Waals surface area contributed by atoms with Crippen LogP contribution in [0.5, 0.6) is 0 Å². The highest BCUT2D eigenvalue weighted by molar-refractivity contribution is 6.01. The lowest BCUT2D eigenvalue weighted by Gasteiger charge is -2.09. The largest absolute Gasteiger partial charge is 0.550 e. The third kappa shape index (κ3) is 3.89. The summed E-state index contributed by atoms with van der Waals surface area (Å²) in [6.07, 6.45) is -0.579. The second-order valence-electron chi connectivity index (χ2n) is 3.46. The maximum atomic E-state index is 11.4. The van der Waals surface area contributed by atoms with Crippen LogP contribution in [-0.4, -0.2) is 25.0 Å². The van der Waals surface area contributed by atoms with Gasteiger partial charge in [0.25, 0.3) is 0 Å². The fraction of sp³-hybridized carbons (Fsp3) is 0.250.